The van der Waals surface area contributed by atoms with E-state index in [9.17, 15) is 4.79 Å². The number of hydrogen-bond donors (Lipinski definition) is 0. The lowest BCUT2D eigenvalue weighted by Gasteiger charge is -2.30. The minimum absolute atomic E-state index is 0.0216. The number of likely N-dealkylation sites (tertiary alicyclic amines) is 1. The van der Waals surface area contributed by atoms with Gasteiger partial charge < -0.3 is 9.64 Å². The molecular formula is C23H23BrN4O2. The van der Waals surface area contributed by atoms with Crippen molar-refractivity contribution in [2.45, 2.75) is 32.4 Å². The molecule has 7 heteroatoms. The SMILES string of the molecule is CC1CC(C(C)Oc2ccc(Br)cn2)N(C(=O)c2ccccc2-c2ncccn2)C1. The third kappa shape index (κ3) is 4.36. The molecule has 1 saturated heterocycles. The summed E-state index contributed by atoms with van der Waals surface area (Å²) in [6.45, 7) is 4.85. The van der Waals surface area contributed by atoms with Crippen molar-refractivity contribution in [3.63, 3.8) is 0 Å². The normalized spacial score (nSPS) is 19.5. The van der Waals surface area contributed by atoms with Crippen LogP contribution in [-0.4, -0.2) is 44.4 Å². The van der Waals surface area contributed by atoms with Crippen LogP contribution in [0.4, 0.5) is 0 Å². The van der Waals surface area contributed by atoms with Gasteiger partial charge in [-0.2, -0.15) is 0 Å². The van der Waals surface area contributed by atoms with Crippen molar-refractivity contribution < 1.29 is 9.53 Å². The van der Waals surface area contributed by atoms with Crippen molar-refractivity contribution in [1.29, 1.82) is 0 Å². The molecule has 30 heavy (non-hydrogen) atoms. The van der Waals surface area contributed by atoms with Crippen molar-refractivity contribution in [1.82, 2.24) is 19.9 Å². The highest BCUT2D eigenvalue weighted by molar-refractivity contribution is 9.10. The van der Waals surface area contributed by atoms with Crippen LogP contribution < -0.4 is 4.74 Å². The van der Waals surface area contributed by atoms with Gasteiger partial charge in [-0.3, -0.25) is 4.79 Å². The van der Waals surface area contributed by atoms with Crippen molar-refractivity contribution in [3.05, 3.63) is 71.1 Å². The Balaban J connectivity index is 1.59. The van der Waals surface area contributed by atoms with Gasteiger partial charge in [0.1, 0.15) is 6.10 Å². The van der Waals surface area contributed by atoms with Gasteiger partial charge >= 0.3 is 0 Å². The Morgan fingerprint density at radius 3 is 2.63 bits per heavy atom. The van der Waals surface area contributed by atoms with E-state index in [1.807, 2.05) is 48.2 Å². The highest BCUT2D eigenvalue weighted by Crippen LogP contribution is 2.31. The summed E-state index contributed by atoms with van der Waals surface area (Å²) in [6, 6.07) is 13.0. The molecule has 0 saturated carbocycles. The van der Waals surface area contributed by atoms with E-state index in [1.165, 1.54) is 0 Å². The number of carbonyl (C=O) groups excluding carboxylic acids is 1. The Morgan fingerprint density at radius 2 is 1.90 bits per heavy atom. The summed E-state index contributed by atoms with van der Waals surface area (Å²) in [4.78, 5) is 28.5. The van der Waals surface area contributed by atoms with E-state index in [2.05, 4.69) is 37.8 Å². The molecule has 6 nitrogen and oxygen atoms in total. The molecule has 0 spiro atoms. The number of benzene rings is 1. The molecular weight excluding hydrogens is 444 g/mol. The molecule has 1 amide bonds. The summed E-state index contributed by atoms with van der Waals surface area (Å²) in [5.41, 5.74) is 1.35. The van der Waals surface area contributed by atoms with Crippen LogP contribution in [0.1, 0.15) is 30.6 Å². The minimum Gasteiger partial charge on any atom is -0.472 e. The Bertz CT molecular complexity index is 1010. The number of hydrogen-bond acceptors (Lipinski definition) is 5. The number of ether oxygens (including phenoxy) is 1. The van der Waals surface area contributed by atoms with Crippen LogP contribution in [-0.2, 0) is 0 Å². The van der Waals surface area contributed by atoms with Crippen LogP contribution in [0.15, 0.2) is 65.5 Å². The van der Waals surface area contributed by atoms with Gasteiger partial charge in [-0.25, -0.2) is 15.0 Å². The molecule has 1 aromatic carbocycles. The Labute approximate surface area is 184 Å². The van der Waals surface area contributed by atoms with Crippen molar-refractivity contribution >= 4 is 21.8 Å². The highest BCUT2D eigenvalue weighted by atomic mass is 79.9. The topological polar surface area (TPSA) is 68.2 Å². The zero-order valence-corrected chi connectivity index (χ0v) is 18.5. The first kappa shape index (κ1) is 20.5. The summed E-state index contributed by atoms with van der Waals surface area (Å²) < 4.78 is 6.98. The van der Waals surface area contributed by atoms with Gasteiger partial charge in [-0.1, -0.05) is 25.1 Å². The van der Waals surface area contributed by atoms with Crippen LogP contribution >= 0.6 is 15.9 Å². The van der Waals surface area contributed by atoms with E-state index in [1.54, 1.807) is 24.7 Å². The second kappa shape index (κ2) is 8.92. The molecule has 3 unspecified atom stereocenters. The summed E-state index contributed by atoms with van der Waals surface area (Å²) in [5.74, 6) is 1.47. The van der Waals surface area contributed by atoms with Gasteiger partial charge in [0.2, 0.25) is 5.88 Å². The molecule has 1 fully saturated rings. The maximum Gasteiger partial charge on any atom is 0.254 e. The predicted octanol–water partition coefficient (Wildman–Crippen LogP) is 4.62. The lowest BCUT2D eigenvalue weighted by molar-refractivity contribution is 0.0580. The van der Waals surface area contributed by atoms with Gasteiger partial charge in [0.25, 0.3) is 5.91 Å². The smallest absolute Gasteiger partial charge is 0.254 e. The lowest BCUT2D eigenvalue weighted by Crippen LogP contribution is -2.44. The van der Waals surface area contributed by atoms with Crippen molar-refractivity contribution in [2.24, 2.45) is 5.92 Å². The molecule has 2 aromatic heterocycles. The van der Waals surface area contributed by atoms with E-state index in [0.717, 1.165) is 16.5 Å². The molecule has 0 bridgehead atoms. The number of carbonyl (C=O) groups is 1. The summed E-state index contributed by atoms with van der Waals surface area (Å²) >= 11 is 3.39. The molecule has 0 aliphatic carbocycles. The first-order chi connectivity index (χ1) is 14.5. The van der Waals surface area contributed by atoms with Crippen LogP contribution in [0.3, 0.4) is 0 Å². The van der Waals surface area contributed by atoms with Crippen LogP contribution in [0.2, 0.25) is 0 Å². The van der Waals surface area contributed by atoms with Crippen LogP contribution in [0.25, 0.3) is 11.4 Å². The average Bonchev–Trinajstić information content (AvgIpc) is 3.17. The van der Waals surface area contributed by atoms with E-state index in [-0.39, 0.29) is 18.1 Å². The van der Waals surface area contributed by atoms with Crippen molar-refractivity contribution in [3.8, 4) is 17.3 Å². The number of nitrogens with zero attached hydrogens (tertiary/aromatic N) is 4. The number of amides is 1. The fraction of sp³-hybridized carbons (Fsp3) is 0.304. The minimum atomic E-state index is -0.187. The second-order valence-electron chi connectivity index (χ2n) is 7.62. The fourth-order valence-electron chi connectivity index (χ4n) is 3.92. The van der Waals surface area contributed by atoms with Gasteiger partial charge in [0.15, 0.2) is 5.82 Å². The zero-order chi connectivity index (χ0) is 21.1. The number of halogens is 1. The van der Waals surface area contributed by atoms with Crippen LogP contribution in [0, 0.1) is 5.92 Å². The highest BCUT2D eigenvalue weighted by Gasteiger charge is 2.38. The Hall–Kier alpha value is -2.80. The molecule has 3 aromatic rings. The summed E-state index contributed by atoms with van der Waals surface area (Å²) in [6.07, 6.45) is 5.77. The third-order valence-corrected chi connectivity index (χ3v) is 5.80. The molecule has 3 heterocycles. The molecule has 154 valence electrons. The largest absolute Gasteiger partial charge is 0.472 e. The molecule has 4 rings (SSSR count). The predicted molar refractivity (Wildman–Crippen MR) is 118 cm³/mol. The maximum absolute atomic E-state index is 13.6. The molecule has 0 N–H and O–H groups in total. The third-order valence-electron chi connectivity index (χ3n) is 5.33. The standard InChI is InChI=1S/C23H23BrN4O2/c1-15-12-20(16(2)30-21-9-8-17(24)13-27-21)28(14-15)23(29)19-7-4-3-6-18(19)22-25-10-5-11-26-22/h3-11,13,15-16,20H,12,14H2,1-2H3. The molecule has 3 atom stereocenters. The maximum atomic E-state index is 13.6. The van der Waals surface area contributed by atoms with Gasteiger partial charge in [-0.05, 0) is 53.4 Å². The van der Waals surface area contributed by atoms with Crippen molar-refractivity contribution in [2.75, 3.05) is 6.54 Å². The second-order valence-corrected chi connectivity index (χ2v) is 8.54. The van der Waals surface area contributed by atoms with E-state index < -0.39 is 0 Å². The van der Waals surface area contributed by atoms with E-state index in [0.29, 0.717) is 29.7 Å². The average molecular weight is 467 g/mol. The zero-order valence-electron chi connectivity index (χ0n) is 16.9. The first-order valence-corrected chi connectivity index (χ1v) is 10.8. The van der Waals surface area contributed by atoms with Gasteiger partial charge in [-0.15, -0.1) is 0 Å². The molecule has 1 aliphatic rings. The quantitative estimate of drug-likeness (QED) is 0.548. The Morgan fingerprint density at radius 1 is 1.13 bits per heavy atom. The summed E-state index contributed by atoms with van der Waals surface area (Å²) in [5, 5.41) is 0. The van der Waals surface area contributed by atoms with Gasteiger partial charge in [0, 0.05) is 41.2 Å². The van der Waals surface area contributed by atoms with E-state index >= 15 is 0 Å². The molecule has 0 radical (unpaired) electrons. The monoisotopic (exact) mass is 466 g/mol. The summed E-state index contributed by atoms with van der Waals surface area (Å²) in [7, 11) is 0. The lowest BCUT2D eigenvalue weighted by atomic mass is 10.0. The van der Waals surface area contributed by atoms with Crippen LogP contribution in [0.5, 0.6) is 5.88 Å². The number of rotatable bonds is 5. The Kier molecular flexibility index (Phi) is 6.08. The molecule has 1 aliphatic heterocycles. The number of pyridine rings is 1. The fourth-order valence-corrected chi connectivity index (χ4v) is 4.16. The van der Waals surface area contributed by atoms with Gasteiger partial charge in [0.05, 0.1) is 11.6 Å². The number of aromatic nitrogens is 3. The first-order valence-electron chi connectivity index (χ1n) is 9.98. The van der Waals surface area contributed by atoms with E-state index in [4.69, 9.17) is 4.74 Å².